The van der Waals surface area contributed by atoms with Crippen LogP contribution in [-0.4, -0.2) is 73.8 Å². The zero-order chi connectivity index (χ0) is 23.0. The molecule has 8 heteroatoms. The molecule has 5 rings (SSSR count). The van der Waals surface area contributed by atoms with Gasteiger partial charge in [-0.05, 0) is 49.1 Å². The number of amides is 1. The number of hydrogen-bond donors (Lipinski definition) is 0. The van der Waals surface area contributed by atoms with Gasteiger partial charge in [0.05, 0.1) is 11.5 Å². The highest BCUT2D eigenvalue weighted by molar-refractivity contribution is 7.89. The fraction of sp³-hybridized carbons (Fsp3) is 0.480. The second-order valence-electron chi connectivity index (χ2n) is 9.23. The maximum Gasteiger partial charge on any atom is 0.243 e. The second-order valence-corrected chi connectivity index (χ2v) is 11.1. The summed E-state index contributed by atoms with van der Waals surface area (Å²) in [6.07, 6.45) is 2.26. The van der Waals surface area contributed by atoms with Gasteiger partial charge in [-0.3, -0.25) is 9.69 Å². The van der Waals surface area contributed by atoms with Gasteiger partial charge in [-0.25, -0.2) is 8.42 Å². The summed E-state index contributed by atoms with van der Waals surface area (Å²) in [5.41, 5.74) is 3.55. The summed E-state index contributed by atoms with van der Waals surface area (Å²) in [6.45, 7) is 6.77. The number of ether oxygens (including phenoxy) is 1. The third kappa shape index (κ3) is 4.52. The zero-order valence-corrected chi connectivity index (χ0v) is 19.9. The van der Waals surface area contributed by atoms with Crippen molar-refractivity contribution in [1.29, 1.82) is 0 Å². The average Bonchev–Trinajstić information content (AvgIpc) is 3.49. The Bertz CT molecular complexity index is 1120. The number of benzene rings is 2. The molecule has 1 atom stereocenters. The molecule has 0 spiro atoms. The fourth-order valence-electron chi connectivity index (χ4n) is 5.05. The predicted octanol–water partition coefficient (Wildman–Crippen LogP) is 2.43. The van der Waals surface area contributed by atoms with Crippen LogP contribution < -0.4 is 4.74 Å². The van der Waals surface area contributed by atoms with E-state index in [1.54, 1.807) is 24.3 Å². The molecule has 7 nitrogen and oxygen atoms in total. The molecule has 0 saturated carbocycles. The van der Waals surface area contributed by atoms with Crippen molar-refractivity contribution < 1.29 is 17.9 Å². The molecule has 2 aromatic carbocycles. The van der Waals surface area contributed by atoms with Crippen LogP contribution >= 0.6 is 0 Å². The SMILES string of the molecule is Cc1ccc(S(=O)(=O)N2CCCC2C(=O)N2CCN(Cc3ccc4c(c3)CCO4)CC2)cc1. The van der Waals surface area contributed by atoms with Gasteiger partial charge < -0.3 is 9.64 Å². The highest BCUT2D eigenvalue weighted by atomic mass is 32.2. The Kier molecular flexibility index (Phi) is 6.16. The zero-order valence-electron chi connectivity index (χ0n) is 19.1. The monoisotopic (exact) mass is 469 g/mol. The van der Waals surface area contributed by atoms with Crippen molar-refractivity contribution in [2.75, 3.05) is 39.3 Å². The maximum atomic E-state index is 13.3. The van der Waals surface area contributed by atoms with Crippen LogP contribution in [0.1, 0.15) is 29.5 Å². The Morgan fingerprint density at radius 3 is 2.55 bits per heavy atom. The summed E-state index contributed by atoms with van der Waals surface area (Å²) in [5, 5.41) is 0. The van der Waals surface area contributed by atoms with Crippen molar-refractivity contribution in [1.82, 2.24) is 14.1 Å². The van der Waals surface area contributed by atoms with E-state index in [4.69, 9.17) is 4.74 Å². The van der Waals surface area contributed by atoms with E-state index in [9.17, 15) is 13.2 Å². The summed E-state index contributed by atoms with van der Waals surface area (Å²) in [7, 11) is -3.68. The molecule has 3 aliphatic heterocycles. The Morgan fingerprint density at radius 1 is 1.03 bits per heavy atom. The summed E-state index contributed by atoms with van der Waals surface area (Å²) >= 11 is 0. The molecule has 2 fully saturated rings. The van der Waals surface area contributed by atoms with Crippen molar-refractivity contribution in [3.63, 3.8) is 0 Å². The predicted molar refractivity (Wildman–Crippen MR) is 126 cm³/mol. The Hall–Kier alpha value is -2.42. The lowest BCUT2D eigenvalue weighted by atomic mass is 10.1. The molecule has 1 unspecified atom stereocenters. The van der Waals surface area contributed by atoms with Crippen LogP contribution in [0.3, 0.4) is 0 Å². The van der Waals surface area contributed by atoms with Gasteiger partial charge in [0.25, 0.3) is 0 Å². The number of piperazine rings is 1. The first kappa shape index (κ1) is 22.4. The molecule has 0 aromatic heterocycles. The lowest BCUT2D eigenvalue weighted by Crippen LogP contribution is -2.54. The van der Waals surface area contributed by atoms with Crippen LogP contribution in [0.25, 0.3) is 0 Å². The molecule has 176 valence electrons. The van der Waals surface area contributed by atoms with Crippen LogP contribution in [0, 0.1) is 6.92 Å². The molecule has 3 heterocycles. The molecule has 3 aliphatic rings. The number of hydrogen-bond acceptors (Lipinski definition) is 5. The van der Waals surface area contributed by atoms with Crippen LogP contribution in [-0.2, 0) is 27.8 Å². The molecule has 2 saturated heterocycles. The Balaban J connectivity index is 1.21. The quantitative estimate of drug-likeness (QED) is 0.673. The van der Waals surface area contributed by atoms with Gasteiger partial charge in [0.2, 0.25) is 15.9 Å². The highest BCUT2D eigenvalue weighted by Gasteiger charge is 2.41. The minimum Gasteiger partial charge on any atom is -0.493 e. The van der Waals surface area contributed by atoms with E-state index in [1.165, 1.54) is 15.4 Å². The van der Waals surface area contributed by atoms with Crippen LogP contribution in [0.4, 0.5) is 0 Å². The minimum atomic E-state index is -3.68. The van der Waals surface area contributed by atoms with Crippen molar-refractivity contribution in [2.24, 2.45) is 0 Å². The van der Waals surface area contributed by atoms with Gasteiger partial charge >= 0.3 is 0 Å². The largest absolute Gasteiger partial charge is 0.493 e. The van der Waals surface area contributed by atoms with E-state index in [0.717, 1.165) is 44.0 Å². The van der Waals surface area contributed by atoms with Crippen molar-refractivity contribution in [3.8, 4) is 5.75 Å². The van der Waals surface area contributed by atoms with E-state index in [0.29, 0.717) is 32.5 Å². The number of carbonyl (C=O) groups excluding carboxylic acids is 1. The minimum absolute atomic E-state index is 0.0579. The van der Waals surface area contributed by atoms with E-state index < -0.39 is 16.1 Å². The lowest BCUT2D eigenvalue weighted by Gasteiger charge is -2.37. The molecular formula is C25H31N3O4S. The third-order valence-electron chi connectivity index (χ3n) is 6.96. The standard InChI is InChI=1S/C25H31N3O4S/c1-19-4-7-22(8-5-19)33(30,31)28-11-2-3-23(28)25(29)27-14-12-26(13-15-27)18-20-6-9-24-21(17-20)10-16-32-24/h4-9,17,23H,2-3,10-16,18H2,1H3. The number of rotatable bonds is 5. The molecule has 2 aromatic rings. The van der Waals surface area contributed by atoms with Crippen molar-refractivity contribution in [3.05, 3.63) is 59.2 Å². The van der Waals surface area contributed by atoms with E-state index in [-0.39, 0.29) is 10.8 Å². The van der Waals surface area contributed by atoms with E-state index in [2.05, 4.69) is 23.1 Å². The summed E-state index contributed by atoms with van der Waals surface area (Å²) in [6, 6.07) is 12.7. The highest BCUT2D eigenvalue weighted by Crippen LogP contribution is 2.29. The number of aryl methyl sites for hydroxylation is 1. The molecule has 0 bridgehead atoms. The van der Waals surface area contributed by atoms with E-state index in [1.807, 2.05) is 11.8 Å². The van der Waals surface area contributed by atoms with Crippen LogP contribution in [0.2, 0.25) is 0 Å². The normalized spacial score (nSPS) is 21.7. The van der Waals surface area contributed by atoms with Gasteiger partial charge in [0.15, 0.2) is 0 Å². The maximum absolute atomic E-state index is 13.3. The molecule has 1 amide bonds. The van der Waals surface area contributed by atoms with Gasteiger partial charge in [-0.2, -0.15) is 4.31 Å². The third-order valence-corrected chi connectivity index (χ3v) is 8.88. The Morgan fingerprint density at radius 2 is 1.79 bits per heavy atom. The fourth-order valence-corrected chi connectivity index (χ4v) is 6.70. The molecule has 33 heavy (non-hydrogen) atoms. The first-order valence-corrected chi connectivity index (χ1v) is 13.2. The molecule has 0 radical (unpaired) electrons. The summed E-state index contributed by atoms with van der Waals surface area (Å²) in [5.74, 6) is 0.938. The summed E-state index contributed by atoms with van der Waals surface area (Å²) < 4.78 is 33.4. The van der Waals surface area contributed by atoms with Crippen LogP contribution in [0.15, 0.2) is 47.4 Å². The van der Waals surface area contributed by atoms with Crippen molar-refractivity contribution >= 4 is 15.9 Å². The smallest absolute Gasteiger partial charge is 0.243 e. The number of fused-ring (bicyclic) bond motifs is 1. The Labute approximate surface area is 196 Å². The van der Waals surface area contributed by atoms with Gasteiger partial charge in [-0.15, -0.1) is 0 Å². The molecule has 0 aliphatic carbocycles. The second kappa shape index (κ2) is 9.08. The van der Waals surface area contributed by atoms with E-state index >= 15 is 0 Å². The van der Waals surface area contributed by atoms with Crippen molar-refractivity contribution in [2.45, 2.75) is 43.7 Å². The number of nitrogens with zero attached hydrogens (tertiary/aromatic N) is 3. The topological polar surface area (TPSA) is 70.2 Å². The van der Waals surface area contributed by atoms with Crippen LogP contribution in [0.5, 0.6) is 5.75 Å². The average molecular weight is 470 g/mol. The van der Waals surface area contributed by atoms with Gasteiger partial charge in [-0.1, -0.05) is 29.8 Å². The van der Waals surface area contributed by atoms with Gasteiger partial charge in [0.1, 0.15) is 11.8 Å². The molecular weight excluding hydrogens is 438 g/mol. The molecule has 0 N–H and O–H groups in total. The first-order chi connectivity index (χ1) is 15.9. The number of sulfonamides is 1. The number of carbonyl (C=O) groups is 1. The first-order valence-electron chi connectivity index (χ1n) is 11.8. The lowest BCUT2D eigenvalue weighted by molar-refractivity contribution is -0.136. The summed E-state index contributed by atoms with van der Waals surface area (Å²) in [4.78, 5) is 17.8. The van der Waals surface area contributed by atoms with Gasteiger partial charge in [0, 0.05) is 45.7 Å².